The third-order valence-corrected chi connectivity index (χ3v) is 3.39. The summed E-state index contributed by atoms with van der Waals surface area (Å²) < 4.78 is 6.06. The number of ether oxygens (including phenoxy) is 1. The lowest BCUT2D eigenvalue weighted by molar-refractivity contribution is 0.409. The Morgan fingerprint density at radius 2 is 2.21 bits per heavy atom. The highest BCUT2D eigenvalue weighted by atomic mass is 32.1. The SMILES string of the molecule is CCc1csc2c(O)cc(OC)cc12. The number of aromatic hydroxyl groups is 1. The number of hydrogen-bond acceptors (Lipinski definition) is 3. The van der Waals surface area contributed by atoms with Crippen molar-refractivity contribution in [2.45, 2.75) is 13.3 Å². The molecule has 74 valence electrons. The van der Waals surface area contributed by atoms with Gasteiger partial charge in [-0.25, -0.2) is 0 Å². The van der Waals surface area contributed by atoms with E-state index in [-0.39, 0.29) is 0 Å². The molecule has 14 heavy (non-hydrogen) atoms. The normalized spacial score (nSPS) is 10.7. The highest BCUT2D eigenvalue weighted by Crippen LogP contribution is 2.36. The van der Waals surface area contributed by atoms with Crippen LogP contribution < -0.4 is 4.74 Å². The molecule has 1 aromatic heterocycles. The van der Waals surface area contributed by atoms with Crippen molar-refractivity contribution >= 4 is 21.4 Å². The van der Waals surface area contributed by atoms with Crippen LogP contribution in [-0.4, -0.2) is 12.2 Å². The fourth-order valence-corrected chi connectivity index (χ4v) is 2.59. The smallest absolute Gasteiger partial charge is 0.137 e. The minimum atomic E-state index is 0.309. The number of fused-ring (bicyclic) bond motifs is 1. The molecule has 0 saturated carbocycles. The van der Waals surface area contributed by atoms with Gasteiger partial charge >= 0.3 is 0 Å². The lowest BCUT2D eigenvalue weighted by Crippen LogP contribution is -1.83. The third-order valence-electron chi connectivity index (χ3n) is 2.32. The first-order chi connectivity index (χ1) is 6.76. The van der Waals surface area contributed by atoms with Crippen LogP contribution in [0.1, 0.15) is 12.5 Å². The fraction of sp³-hybridized carbons (Fsp3) is 0.273. The molecular weight excluding hydrogens is 196 g/mol. The molecule has 0 amide bonds. The molecule has 2 aromatic rings. The maximum Gasteiger partial charge on any atom is 0.137 e. The quantitative estimate of drug-likeness (QED) is 0.821. The Labute approximate surface area is 86.8 Å². The van der Waals surface area contributed by atoms with Crippen molar-refractivity contribution in [1.29, 1.82) is 0 Å². The molecule has 3 heteroatoms. The molecule has 0 spiro atoms. The topological polar surface area (TPSA) is 29.5 Å². The Morgan fingerprint density at radius 1 is 1.43 bits per heavy atom. The molecule has 0 fully saturated rings. The molecule has 0 aliphatic heterocycles. The van der Waals surface area contributed by atoms with Gasteiger partial charge in [0, 0.05) is 11.5 Å². The fourth-order valence-electron chi connectivity index (χ4n) is 1.54. The van der Waals surface area contributed by atoms with E-state index in [1.54, 1.807) is 24.5 Å². The maximum absolute atomic E-state index is 9.72. The minimum Gasteiger partial charge on any atom is -0.506 e. The van der Waals surface area contributed by atoms with Crippen molar-refractivity contribution in [3.05, 3.63) is 23.1 Å². The van der Waals surface area contributed by atoms with Crippen LogP contribution >= 0.6 is 11.3 Å². The zero-order valence-corrected chi connectivity index (χ0v) is 9.02. The summed E-state index contributed by atoms with van der Waals surface area (Å²) in [6.07, 6.45) is 0.979. The predicted molar refractivity (Wildman–Crippen MR) is 59.4 cm³/mol. The Bertz CT molecular complexity index is 460. The van der Waals surface area contributed by atoms with E-state index in [4.69, 9.17) is 4.74 Å². The summed E-state index contributed by atoms with van der Waals surface area (Å²) in [5.41, 5.74) is 1.26. The van der Waals surface area contributed by atoms with Crippen molar-refractivity contribution < 1.29 is 9.84 Å². The molecule has 2 rings (SSSR count). The highest BCUT2D eigenvalue weighted by molar-refractivity contribution is 7.17. The number of phenolic OH excluding ortho intramolecular Hbond substituents is 1. The average molecular weight is 208 g/mol. The lowest BCUT2D eigenvalue weighted by atomic mass is 10.1. The van der Waals surface area contributed by atoms with E-state index in [0.29, 0.717) is 11.5 Å². The summed E-state index contributed by atoms with van der Waals surface area (Å²) >= 11 is 1.58. The highest BCUT2D eigenvalue weighted by Gasteiger charge is 2.08. The maximum atomic E-state index is 9.72. The van der Waals surface area contributed by atoms with Crippen LogP contribution in [0, 0.1) is 0 Å². The monoisotopic (exact) mass is 208 g/mol. The van der Waals surface area contributed by atoms with Gasteiger partial charge < -0.3 is 9.84 Å². The summed E-state index contributed by atoms with van der Waals surface area (Å²) in [7, 11) is 1.61. The molecule has 0 bridgehead atoms. The first kappa shape index (κ1) is 9.34. The lowest BCUT2D eigenvalue weighted by Gasteiger charge is -2.02. The number of rotatable bonds is 2. The molecule has 0 aliphatic carbocycles. The van der Waals surface area contributed by atoms with Crippen LogP contribution in [0.2, 0.25) is 0 Å². The van der Waals surface area contributed by atoms with E-state index in [9.17, 15) is 5.11 Å². The number of benzene rings is 1. The molecule has 1 aromatic carbocycles. The van der Waals surface area contributed by atoms with Crippen molar-refractivity contribution in [3.63, 3.8) is 0 Å². The van der Waals surface area contributed by atoms with Crippen LogP contribution in [0.3, 0.4) is 0 Å². The van der Waals surface area contributed by atoms with E-state index >= 15 is 0 Å². The summed E-state index contributed by atoms with van der Waals surface area (Å²) in [4.78, 5) is 0. The molecule has 0 radical (unpaired) electrons. The first-order valence-electron chi connectivity index (χ1n) is 4.53. The van der Waals surface area contributed by atoms with Gasteiger partial charge in [-0.1, -0.05) is 6.92 Å². The van der Waals surface area contributed by atoms with Gasteiger partial charge in [-0.2, -0.15) is 0 Å². The van der Waals surface area contributed by atoms with Gasteiger partial charge in [0.2, 0.25) is 0 Å². The summed E-state index contributed by atoms with van der Waals surface area (Å²) in [6.45, 7) is 2.11. The Balaban J connectivity index is 2.73. The molecule has 0 aliphatic rings. The van der Waals surface area contributed by atoms with Gasteiger partial charge in [0.05, 0.1) is 11.8 Å². The van der Waals surface area contributed by atoms with Crippen molar-refractivity contribution in [3.8, 4) is 11.5 Å². The zero-order valence-electron chi connectivity index (χ0n) is 8.20. The molecule has 0 saturated heterocycles. The predicted octanol–water partition coefficient (Wildman–Crippen LogP) is 3.18. The van der Waals surface area contributed by atoms with Gasteiger partial charge in [-0.15, -0.1) is 11.3 Å². The molecular formula is C11H12O2S. The van der Waals surface area contributed by atoms with Crippen LogP contribution in [-0.2, 0) is 6.42 Å². The van der Waals surface area contributed by atoms with E-state index in [2.05, 4.69) is 12.3 Å². The Hall–Kier alpha value is -1.22. The zero-order chi connectivity index (χ0) is 10.1. The van der Waals surface area contributed by atoms with Gasteiger partial charge in [0.25, 0.3) is 0 Å². The van der Waals surface area contributed by atoms with E-state index < -0.39 is 0 Å². The third kappa shape index (κ3) is 1.34. The second-order valence-electron chi connectivity index (χ2n) is 3.14. The number of phenols is 1. The van der Waals surface area contributed by atoms with E-state index in [1.165, 1.54) is 5.56 Å². The van der Waals surface area contributed by atoms with Crippen LogP contribution in [0.15, 0.2) is 17.5 Å². The number of hydrogen-bond donors (Lipinski definition) is 1. The largest absolute Gasteiger partial charge is 0.506 e. The van der Waals surface area contributed by atoms with Crippen molar-refractivity contribution in [1.82, 2.24) is 0 Å². The minimum absolute atomic E-state index is 0.309. The molecule has 1 N–H and O–H groups in total. The van der Waals surface area contributed by atoms with Gasteiger partial charge in [-0.05, 0) is 23.4 Å². The van der Waals surface area contributed by atoms with Crippen LogP contribution in [0.25, 0.3) is 10.1 Å². The van der Waals surface area contributed by atoms with E-state index in [1.807, 2.05) is 6.07 Å². The van der Waals surface area contributed by atoms with E-state index in [0.717, 1.165) is 16.5 Å². The standard InChI is InChI=1S/C11H12O2S/c1-3-7-6-14-11-9(7)4-8(13-2)5-10(11)12/h4-6,12H,3H2,1-2H3. The van der Waals surface area contributed by atoms with Gasteiger partial charge in [0.15, 0.2) is 0 Å². The number of methoxy groups -OCH3 is 1. The Kier molecular flexibility index (Phi) is 2.33. The van der Waals surface area contributed by atoms with Crippen molar-refractivity contribution in [2.75, 3.05) is 7.11 Å². The number of thiophene rings is 1. The molecule has 0 atom stereocenters. The summed E-state index contributed by atoms with van der Waals surface area (Å²) in [5.74, 6) is 1.02. The van der Waals surface area contributed by atoms with Crippen molar-refractivity contribution in [2.24, 2.45) is 0 Å². The molecule has 1 heterocycles. The summed E-state index contributed by atoms with van der Waals surface area (Å²) in [5, 5.41) is 12.9. The second-order valence-corrected chi connectivity index (χ2v) is 4.02. The van der Waals surface area contributed by atoms with Crippen LogP contribution in [0.5, 0.6) is 11.5 Å². The molecule has 0 unspecified atom stereocenters. The van der Waals surface area contributed by atoms with Gasteiger partial charge in [-0.3, -0.25) is 0 Å². The Morgan fingerprint density at radius 3 is 2.86 bits per heavy atom. The molecule has 2 nitrogen and oxygen atoms in total. The van der Waals surface area contributed by atoms with Gasteiger partial charge in [0.1, 0.15) is 11.5 Å². The van der Waals surface area contributed by atoms with Crippen LogP contribution in [0.4, 0.5) is 0 Å². The summed E-state index contributed by atoms with van der Waals surface area (Å²) in [6, 6.07) is 3.63. The first-order valence-corrected chi connectivity index (χ1v) is 5.41. The second kappa shape index (κ2) is 3.50. The number of aryl methyl sites for hydroxylation is 1. The average Bonchev–Trinajstić information content (AvgIpc) is 2.61.